The van der Waals surface area contributed by atoms with E-state index < -0.39 is 18.3 Å². The Morgan fingerprint density at radius 3 is 2.77 bits per heavy atom. The second-order valence-corrected chi connectivity index (χ2v) is 6.28. The average molecular weight is 407 g/mol. The number of carbonyl (C=O) groups excluding carboxylic acids is 1. The Kier molecular flexibility index (Phi) is 6.67. The lowest BCUT2D eigenvalue weighted by Gasteiger charge is -2.11. The minimum atomic E-state index is -0.649. The molecule has 3 rings (SSSR count). The van der Waals surface area contributed by atoms with Gasteiger partial charge in [0.1, 0.15) is 24.0 Å². The molecule has 2 N–H and O–H groups in total. The van der Waals surface area contributed by atoms with Crippen LogP contribution in [0, 0.1) is 11.3 Å². The van der Waals surface area contributed by atoms with Crippen LogP contribution in [-0.2, 0) is 16.1 Å². The van der Waals surface area contributed by atoms with Gasteiger partial charge >= 0.3 is 5.97 Å². The summed E-state index contributed by atoms with van der Waals surface area (Å²) in [7, 11) is 1.53. The number of benzene rings is 2. The highest BCUT2D eigenvalue weighted by molar-refractivity contribution is 5.90. The zero-order valence-corrected chi connectivity index (χ0v) is 16.6. The van der Waals surface area contributed by atoms with Crippen LogP contribution < -0.4 is 4.74 Å². The molecule has 154 valence electrons. The van der Waals surface area contributed by atoms with Crippen molar-refractivity contribution in [1.29, 1.82) is 5.26 Å². The fourth-order valence-electron chi connectivity index (χ4n) is 2.85. The van der Waals surface area contributed by atoms with E-state index in [1.54, 1.807) is 30.3 Å². The molecule has 0 unspecified atom stereocenters. The third kappa shape index (κ3) is 4.59. The third-order valence-electron chi connectivity index (χ3n) is 4.34. The van der Waals surface area contributed by atoms with Crippen LogP contribution >= 0.6 is 0 Å². The van der Waals surface area contributed by atoms with Crippen LogP contribution in [0.2, 0.25) is 0 Å². The second-order valence-electron chi connectivity index (χ2n) is 6.28. The number of ether oxygens (including phenoxy) is 3. The van der Waals surface area contributed by atoms with Crippen LogP contribution in [0.25, 0.3) is 16.6 Å². The van der Waals surface area contributed by atoms with Crippen LogP contribution in [0.3, 0.4) is 0 Å². The van der Waals surface area contributed by atoms with Crippen molar-refractivity contribution in [2.24, 2.45) is 0 Å². The topological polar surface area (TPSA) is 117 Å². The summed E-state index contributed by atoms with van der Waals surface area (Å²) in [6.45, 7) is 2.21. The van der Waals surface area contributed by atoms with Crippen molar-refractivity contribution in [1.82, 2.24) is 9.97 Å². The molecule has 0 saturated heterocycles. The molecule has 0 bridgehead atoms. The van der Waals surface area contributed by atoms with Gasteiger partial charge in [0.25, 0.3) is 0 Å². The molecule has 30 heavy (non-hydrogen) atoms. The number of nitriles is 1. The van der Waals surface area contributed by atoms with Crippen molar-refractivity contribution in [2.75, 3.05) is 20.3 Å². The maximum Gasteiger partial charge on any atom is 0.338 e. The number of aliphatic hydroxyl groups is 1. The first-order valence-electron chi connectivity index (χ1n) is 9.26. The van der Waals surface area contributed by atoms with Gasteiger partial charge in [0, 0.05) is 12.2 Å². The van der Waals surface area contributed by atoms with E-state index in [2.05, 4.69) is 9.97 Å². The summed E-state index contributed by atoms with van der Waals surface area (Å²) in [4.78, 5) is 19.7. The van der Waals surface area contributed by atoms with E-state index in [0.29, 0.717) is 23.4 Å². The Balaban J connectivity index is 1.76. The Labute approximate surface area is 173 Å². The highest BCUT2D eigenvalue weighted by Crippen LogP contribution is 2.22. The van der Waals surface area contributed by atoms with Crippen molar-refractivity contribution < 1.29 is 24.1 Å². The van der Waals surface area contributed by atoms with Crippen molar-refractivity contribution in [3.63, 3.8) is 0 Å². The first kappa shape index (κ1) is 20.9. The van der Waals surface area contributed by atoms with Crippen LogP contribution in [0.15, 0.2) is 48.2 Å². The van der Waals surface area contributed by atoms with Gasteiger partial charge < -0.3 is 24.3 Å². The average Bonchev–Trinajstić information content (AvgIpc) is 3.19. The largest absolute Gasteiger partial charge is 0.507 e. The van der Waals surface area contributed by atoms with Gasteiger partial charge in [-0.25, -0.2) is 9.78 Å². The van der Waals surface area contributed by atoms with Crippen LogP contribution in [-0.4, -0.2) is 41.4 Å². The van der Waals surface area contributed by atoms with E-state index in [-0.39, 0.29) is 23.6 Å². The van der Waals surface area contributed by atoms with Gasteiger partial charge in [-0.2, -0.15) is 5.26 Å². The molecule has 0 fully saturated rings. The van der Waals surface area contributed by atoms with Crippen LogP contribution in [0.1, 0.15) is 28.7 Å². The molecule has 0 amide bonds. The number of rotatable bonds is 8. The summed E-state index contributed by atoms with van der Waals surface area (Å²) in [5, 5.41) is 19.8. The lowest BCUT2D eigenvalue weighted by molar-refractivity contribution is 0.0502. The quantitative estimate of drug-likeness (QED) is 0.332. The summed E-state index contributed by atoms with van der Waals surface area (Å²) in [6.07, 6.45) is 0. The molecule has 1 heterocycles. The first-order valence-corrected chi connectivity index (χ1v) is 9.26. The number of para-hydroxylation sites is 2. The number of H-pyrrole nitrogens is 1. The molecule has 8 heteroatoms. The van der Waals surface area contributed by atoms with Gasteiger partial charge in [-0.15, -0.1) is 0 Å². The highest BCUT2D eigenvalue weighted by Gasteiger charge is 2.16. The minimum absolute atomic E-state index is 0.0919. The lowest BCUT2D eigenvalue weighted by Crippen LogP contribution is -2.10. The maximum absolute atomic E-state index is 12.4. The summed E-state index contributed by atoms with van der Waals surface area (Å²) >= 11 is 0. The van der Waals surface area contributed by atoms with E-state index in [1.807, 2.05) is 25.1 Å². The standard InChI is InChI=1S/C22H21N3O5/c1-3-29-12-15-10-14(8-9-20(15)28-2)22(27)30-13-19(26)16(11-23)21-24-17-6-4-5-7-18(17)25-21/h4-10,26H,3,12-13H2,1-2H3,(H,24,25)/b19-16-. The van der Waals surface area contributed by atoms with Crippen LogP contribution in [0.4, 0.5) is 0 Å². The fourth-order valence-corrected chi connectivity index (χ4v) is 2.85. The maximum atomic E-state index is 12.4. The third-order valence-corrected chi connectivity index (χ3v) is 4.34. The Morgan fingerprint density at radius 2 is 2.07 bits per heavy atom. The van der Waals surface area contributed by atoms with Gasteiger partial charge in [0.05, 0.1) is 30.3 Å². The van der Waals surface area contributed by atoms with Gasteiger partial charge in [-0.3, -0.25) is 0 Å². The molecule has 0 aliphatic rings. The number of aliphatic hydroxyl groups excluding tert-OH is 1. The predicted molar refractivity (Wildman–Crippen MR) is 110 cm³/mol. The summed E-state index contributed by atoms with van der Waals surface area (Å²) in [5.74, 6) is -0.244. The number of esters is 1. The van der Waals surface area contributed by atoms with E-state index in [4.69, 9.17) is 14.2 Å². The van der Waals surface area contributed by atoms with Crippen molar-refractivity contribution >= 4 is 22.6 Å². The molecular formula is C22H21N3O5. The molecule has 1 aromatic heterocycles. The monoisotopic (exact) mass is 407 g/mol. The first-order chi connectivity index (χ1) is 14.6. The van der Waals surface area contributed by atoms with Gasteiger partial charge in [0.2, 0.25) is 0 Å². The number of methoxy groups -OCH3 is 1. The zero-order valence-electron chi connectivity index (χ0n) is 16.6. The van der Waals surface area contributed by atoms with E-state index >= 15 is 0 Å². The normalized spacial score (nSPS) is 11.6. The number of hydrogen-bond donors (Lipinski definition) is 2. The molecular weight excluding hydrogens is 386 g/mol. The molecule has 8 nitrogen and oxygen atoms in total. The number of nitrogens with one attached hydrogen (secondary N) is 1. The zero-order chi connectivity index (χ0) is 21.5. The molecule has 0 atom stereocenters. The summed E-state index contributed by atoms with van der Waals surface area (Å²) in [5.41, 5.74) is 2.27. The minimum Gasteiger partial charge on any atom is -0.507 e. The second kappa shape index (κ2) is 9.58. The van der Waals surface area contributed by atoms with E-state index in [0.717, 1.165) is 5.52 Å². The van der Waals surface area contributed by atoms with Gasteiger partial charge in [-0.1, -0.05) is 12.1 Å². The Morgan fingerprint density at radius 1 is 1.27 bits per heavy atom. The van der Waals surface area contributed by atoms with Crippen molar-refractivity contribution in [2.45, 2.75) is 13.5 Å². The molecule has 3 aromatic rings. The number of allylic oxidation sites excluding steroid dienone is 1. The molecule has 2 aromatic carbocycles. The molecule has 0 aliphatic carbocycles. The number of hydrogen-bond acceptors (Lipinski definition) is 7. The number of carbonyl (C=O) groups is 1. The predicted octanol–water partition coefficient (Wildman–Crippen LogP) is 3.76. The molecule has 0 spiro atoms. The van der Waals surface area contributed by atoms with Gasteiger partial charge in [-0.05, 0) is 37.3 Å². The number of imidazole rings is 1. The lowest BCUT2D eigenvalue weighted by atomic mass is 10.1. The highest BCUT2D eigenvalue weighted by atomic mass is 16.5. The van der Waals surface area contributed by atoms with E-state index in [9.17, 15) is 15.2 Å². The summed E-state index contributed by atoms with van der Waals surface area (Å²) in [6, 6.07) is 14.0. The molecule has 0 aliphatic heterocycles. The Hall–Kier alpha value is -3.83. The van der Waals surface area contributed by atoms with Crippen molar-refractivity contribution in [3.8, 4) is 11.8 Å². The number of aromatic nitrogens is 2. The number of fused-ring (bicyclic) bond motifs is 1. The van der Waals surface area contributed by atoms with Gasteiger partial charge in [0.15, 0.2) is 11.6 Å². The smallest absolute Gasteiger partial charge is 0.338 e. The van der Waals surface area contributed by atoms with Crippen LogP contribution in [0.5, 0.6) is 5.75 Å². The number of aromatic amines is 1. The molecule has 0 saturated carbocycles. The molecule has 0 radical (unpaired) electrons. The SMILES string of the molecule is CCOCc1cc(C(=O)OC/C(O)=C(\C#N)c2nc3ccccc3[nH]2)ccc1OC. The van der Waals surface area contributed by atoms with Crippen molar-refractivity contribution in [3.05, 3.63) is 65.2 Å². The fraction of sp³-hybridized carbons (Fsp3) is 0.227. The number of nitrogens with zero attached hydrogens (tertiary/aromatic N) is 2. The Bertz CT molecular complexity index is 1090. The van der Waals surface area contributed by atoms with E-state index in [1.165, 1.54) is 7.11 Å². The summed E-state index contributed by atoms with van der Waals surface area (Å²) < 4.78 is 15.8.